The third kappa shape index (κ3) is 3.93. The summed E-state index contributed by atoms with van der Waals surface area (Å²) in [4.78, 5) is 13.6. The Bertz CT molecular complexity index is 478. The van der Waals surface area contributed by atoms with Crippen molar-refractivity contribution in [2.24, 2.45) is 5.92 Å². The number of urea groups is 1. The number of halogens is 2. The van der Waals surface area contributed by atoms with Gasteiger partial charge in [0.1, 0.15) is 5.82 Å². The largest absolute Gasteiger partial charge is 0.393 e. The molecular formula is C14H18BrFN2O2. The number of aliphatic hydroxyl groups excluding tert-OH is 1. The number of aliphatic hydroxyl groups is 1. The maximum Gasteiger partial charge on any atom is 0.321 e. The maximum absolute atomic E-state index is 13.2. The molecule has 2 rings (SSSR count). The third-order valence-corrected chi connectivity index (χ3v) is 4.05. The SMILES string of the molecule is CN(CC1CCCC1O)C(=O)Nc1cc(F)cc(Br)c1. The topological polar surface area (TPSA) is 52.6 Å². The van der Waals surface area contributed by atoms with E-state index in [9.17, 15) is 14.3 Å². The van der Waals surface area contributed by atoms with Gasteiger partial charge in [-0.1, -0.05) is 22.4 Å². The molecule has 2 amide bonds. The van der Waals surface area contributed by atoms with E-state index in [0.717, 1.165) is 19.3 Å². The Morgan fingerprint density at radius 3 is 2.85 bits per heavy atom. The van der Waals surface area contributed by atoms with Gasteiger partial charge in [0.25, 0.3) is 0 Å². The van der Waals surface area contributed by atoms with Crippen molar-refractivity contribution in [2.45, 2.75) is 25.4 Å². The van der Waals surface area contributed by atoms with Gasteiger partial charge < -0.3 is 15.3 Å². The van der Waals surface area contributed by atoms with Crippen molar-refractivity contribution in [2.75, 3.05) is 18.9 Å². The van der Waals surface area contributed by atoms with Gasteiger partial charge in [0.2, 0.25) is 0 Å². The molecule has 0 saturated heterocycles. The van der Waals surface area contributed by atoms with Crippen molar-refractivity contribution in [3.8, 4) is 0 Å². The van der Waals surface area contributed by atoms with Crippen LogP contribution in [0.15, 0.2) is 22.7 Å². The minimum Gasteiger partial charge on any atom is -0.393 e. The second-order valence-electron chi connectivity index (χ2n) is 5.23. The molecule has 20 heavy (non-hydrogen) atoms. The minimum atomic E-state index is -0.413. The van der Waals surface area contributed by atoms with Gasteiger partial charge in [-0.05, 0) is 31.0 Å². The summed E-state index contributed by atoms with van der Waals surface area (Å²) in [6, 6.07) is 3.93. The highest BCUT2D eigenvalue weighted by Crippen LogP contribution is 2.26. The molecule has 1 aliphatic carbocycles. The average Bonchev–Trinajstić information content (AvgIpc) is 2.73. The van der Waals surface area contributed by atoms with Crippen LogP contribution in [0.4, 0.5) is 14.9 Å². The number of carbonyl (C=O) groups excluding carboxylic acids is 1. The summed E-state index contributed by atoms with van der Waals surface area (Å²) in [5, 5.41) is 12.4. The second-order valence-corrected chi connectivity index (χ2v) is 6.14. The normalized spacial score (nSPS) is 21.8. The minimum absolute atomic E-state index is 0.130. The van der Waals surface area contributed by atoms with Crippen LogP contribution >= 0.6 is 15.9 Å². The van der Waals surface area contributed by atoms with E-state index in [4.69, 9.17) is 0 Å². The molecule has 0 aliphatic heterocycles. The Balaban J connectivity index is 1.93. The van der Waals surface area contributed by atoms with E-state index >= 15 is 0 Å². The van der Waals surface area contributed by atoms with E-state index in [2.05, 4.69) is 21.2 Å². The van der Waals surface area contributed by atoms with Crippen LogP contribution in [0, 0.1) is 11.7 Å². The van der Waals surface area contributed by atoms with E-state index < -0.39 is 5.82 Å². The molecule has 110 valence electrons. The number of amides is 2. The Kier molecular flexibility index (Phi) is 4.99. The molecule has 1 aromatic carbocycles. The zero-order valence-electron chi connectivity index (χ0n) is 11.3. The van der Waals surface area contributed by atoms with Crippen LogP contribution in [0.2, 0.25) is 0 Å². The van der Waals surface area contributed by atoms with Crippen molar-refractivity contribution in [1.82, 2.24) is 4.90 Å². The highest BCUT2D eigenvalue weighted by molar-refractivity contribution is 9.10. The van der Waals surface area contributed by atoms with E-state index in [0.29, 0.717) is 16.7 Å². The van der Waals surface area contributed by atoms with Crippen molar-refractivity contribution in [1.29, 1.82) is 0 Å². The molecule has 4 nitrogen and oxygen atoms in total. The Labute approximate surface area is 126 Å². The number of nitrogens with zero attached hydrogens (tertiary/aromatic N) is 1. The lowest BCUT2D eigenvalue weighted by Crippen LogP contribution is -2.37. The van der Waals surface area contributed by atoms with Gasteiger partial charge in [-0.15, -0.1) is 0 Å². The molecule has 6 heteroatoms. The molecular weight excluding hydrogens is 327 g/mol. The number of hydrogen-bond acceptors (Lipinski definition) is 2. The summed E-state index contributed by atoms with van der Waals surface area (Å²) >= 11 is 3.18. The van der Waals surface area contributed by atoms with E-state index in [1.165, 1.54) is 17.0 Å². The summed E-state index contributed by atoms with van der Waals surface area (Å²) in [7, 11) is 1.68. The van der Waals surface area contributed by atoms with Gasteiger partial charge >= 0.3 is 6.03 Å². The fourth-order valence-electron chi connectivity index (χ4n) is 2.51. The van der Waals surface area contributed by atoms with Gasteiger partial charge in [0, 0.05) is 29.7 Å². The molecule has 0 aromatic heterocycles. The number of anilines is 1. The average molecular weight is 345 g/mol. The van der Waals surface area contributed by atoms with Gasteiger partial charge in [0.05, 0.1) is 6.10 Å². The molecule has 1 aliphatic rings. The van der Waals surface area contributed by atoms with E-state index in [1.807, 2.05) is 0 Å². The molecule has 2 unspecified atom stereocenters. The number of nitrogens with one attached hydrogen (secondary N) is 1. The predicted molar refractivity (Wildman–Crippen MR) is 79.1 cm³/mol. The van der Waals surface area contributed by atoms with Crippen molar-refractivity contribution in [3.63, 3.8) is 0 Å². The van der Waals surface area contributed by atoms with Crippen LogP contribution in [0.5, 0.6) is 0 Å². The molecule has 2 atom stereocenters. The number of carbonyl (C=O) groups is 1. The summed E-state index contributed by atoms with van der Waals surface area (Å²) in [6.45, 7) is 0.503. The van der Waals surface area contributed by atoms with Crippen molar-refractivity contribution in [3.05, 3.63) is 28.5 Å². The van der Waals surface area contributed by atoms with Crippen molar-refractivity contribution >= 4 is 27.6 Å². The second kappa shape index (κ2) is 6.54. The number of benzene rings is 1. The molecule has 1 saturated carbocycles. The predicted octanol–water partition coefficient (Wildman–Crippen LogP) is 3.21. The highest BCUT2D eigenvalue weighted by atomic mass is 79.9. The van der Waals surface area contributed by atoms with Crippen LogP contribution in [-0.2, 0) is 0 Å². The number of rotatable bonds is 3. The standard InChI is InChI=1S/C14H18BrFN2O2/c1-18(8-9-3-2-4-13(9)19)14(20)17-12-6-10(15)5-11(16)7-12/h5-7,9,13,19H,2-4,8H2,1H3,(H,17,20). The molecule has 0 heterocycles. The molecule has 0 radical (unpaired) electrons. The monoisotopic (exact) mass is 344 g/mol. The first-order valence-electron chi connectivity index (χ1n) is 6.62. The molecule has 1 fully saturated rings. The van der Waals surface area contributed by atoms with E-state index in [-0.39, 0.29) is 18.1 Å². The maximum atomic E-state index is 13.2. The van der Waals surface area contributed by atoms with Gasteiger partial charge in [-0.3, -0.25) is 0 Å². The van der Waals surface area contributed by atoms with Gasteiger partial charge in [0.15, 0.2) is 0 Å². The van der Waals surface area contributed by atoms with Crippen LogP contribution in [0.1, 0.15) is 19.3 Å². The fraction of sp³-hybridized carbons (Fsp3) is 0.500. The molecule has 2 N–H and O–H groups in total. The van der Waals surface area contributed by atoms with Crippen LogP contribution < -0.4 is 5.32 Å². The zero-order valence-corrected chi connectivity index (χ0v) is 12.9. The fourth-order valence-corrected chi connectivity index (χ4v) is 2.98. The van der Waals surface area contributed by atoms with Crippen molar-refractivity contribution < 1.29 is 14.3 Å². The Morgan fingerprint density at radius 2 is 2.25 bits per heavy atom. The molecule has 0 bridgehead atoms. The summed E-state index contributed by atoms with van der Waals surface area (Å²) in [5.74, 6) is -0.284. The van der Waals surface area contributed by atoms with Crippen LogP contribution in [0.25, 0.3) is 0 Å². The molecule has 0 spiro atoms. The first-order chi connectivity index (χ1) is 9.45. The molecule has 1 aromatic rings. The zero-order chi connectivity index (χ0) is 14.7. The van der Waals surface area contributed by atoms with E-state index in [1.54, 1.807) is 13.1 Å². The quantitative estimate of drug-likeness (QED) is 0.884. The lowest BCUT2D eigenvalue weighted by Gasteiger charge is -2.23. The first kappa shape index (κ1) is 15.3. The summed E-state index contributed by atoms with van der Waals surface area (Å²) in [5.41, 5.74) is 0.403. The van der Waals surface area contributed by atoms with Crippen LogP contribution in [-0.4, -0.2) is 35.7 Å². The lowest BCUT2D eigenvalue weighted by molar-refractivity contribution is 0.116. The first-order valence-corrected chi connectivity index (χ1v) is 7.41. The van der Waals surface area contributed by atoms with Gasteiger partial charge in [-0.2, -0.15) is 0 Å². The van der Waals surface area contributed by atoms with Gasteiger partial charge in [-0.25, -0.2) is 9.18 Å². The smallest absolute Gasteiger partial charge is 0.321 e. The lowest BCUT2D eigenvalue weighted by atomic mass is 10.1. The summed E-state index contributed by atoms with van der Waals surface area (Å²) in [6.07, 6.45) is 2.41. The number of hydrogen-bond donors (Lipinski definition) is 2. The summed E-state index contributed by atoms with van der Waals surface area (Å²) < 4.78 is 13.8. The highest BCUT2D eigenvalue weighted by Gasteiger charge is 2.27. The van der Waals surface area contributed by atoms with Crippen LogP contribution in [0.3, 0.4) is 0 Å². The Hall–Kier alpha value is -1.14. The third-order valence-electron chi connectivity index (χ3n) is 3.59. The Morgan fingerprint density at radius 1 is 1.50 bits per heavy atom.